The summed E-state index contributed by atoms with van der Waals surface area (Å²) in [6.45, 7) is 2.63. The van der Waals surface area contributed by atoms with Crippen molar-refractivity contribution in [3.05, 3.63) is 57.2 Å². The zero-order chi connectivity index (χ0) is 16.4. The van der Waals surface area contributed by atoms with E-state index in [-0.39, 0.29) is 4.87 Å². The minimum atomic E-state index is 0.0570. The lowest BCUT2D eigenvalue weighted by Gasteiger charge is -2.11. The molecule has 0 spiro atoms. The van der Waals surface area contributed by atoms with Crippen LogP contribution in [0.5, 0.6) is 0 Å². The number of anilines is 2. The van der Waals surface area contributed by atoms with E-state index in [1.165, 1.54) is 11.3 Å². The molecule has 0 aliphatic carbocycles. The summed E-state index contributed by atoms with van der Waals surface area (Å²) in [4.78, 5) is 11.9. The number of nitrogens with one attached hydrogen (secondary N) is 2. The number of hydrogen-bond donors (Lipinski definition) is 2. The van der Waals surface area contributed by atoms with E-state index in [0.29, 0.717) is 16.7 Å². The minimum Gasteiger partial charge on any atom is -0.332 e. The second kappa shape index (κ2) is 6.70. The van der Waals surface area contributed by atoms with E-state index < -0.39 is 0 Å². The van der Waals surface area contributed by atoms with Crippen LogP contribution in [-0.2, 0) is 6.54 Å². The van der Waals surface area contributed by atoms with Gasteiger partial charge in [0.05, 0.1) is 10.2 Å². The molecule has 0 fully saturated rings. The van der Waals surface area contributed by atoms with Gasteiger partial charge in [-0.05, 0) is 61.6 Å². The van der Waals surface area contributed by atoms with Crippen molar-refractivity contribution in [1.29, 1.82) is 0 Å². The number of aryl methyl sites for hydroxylation is 1. The number of hydrogen-bond acceptors (Lipinski definition) is 3. The van der Waals surface area contributed by atoms with Gasteiger partial charge >= 0.3 is 4.87 Å². The molecule has 2 N–H and O–H groups in total. The van der Waals surface area contributed by atoms with Crippen molar-refractivity contribution in [3.63, 3.8) is 0 Å². The SMILES string of the molecule is CCn1c(=O)sc2cc(NC(=S)Nc3ccc(Cl)cc3)ccc21. The van der Waals surface area contributed by atoms with E-state index in [1.807, 2.05) is 37.3 Å². The molecule has 0 amide bonds. The van der Waals surface area contributed by atoms with Gasteiger partial charge in [-0.15, -0.1) is 0 Å². The molecule has 1 heterocycles. The van der Waals surface area contributed by atoms with E-state index in [9.17, 15) is 4.79 Å². The highest BCUT2D eigenvalue weighted by molar-refractivity contribution is 7.80. The van der Waals surface area contributed by atoms with Crippen LogP contribution < -0.4 is 15.5 Å². The number of aromatic nitrogens is 1. The second-order valence-electron chi connectivity index (χ2n) is 4.88. The standard InChI is InChI=1S/C16H14ClN3OS2/c1-2-20-13-8-7-12(9-14(13)23-16(20)21)19-15(22)18-11-5-3-10(17)4-6-11/h3-9H,2H2,1H3,(H2,18,19,22). The number of rotatable bonds is 3. The molecule has 0 saturated carbocycles. The summed E-state index contributed by atoms with van der Waals surface area (Å²) in [5.41, 5.74) is 2.65. The molecular weight excluding hydrogens is 350 g/mol. The number of fused-ring (bicyclic) bond motifs is 1. The number of halogens is 1. The first-order chi connectivity index (χ1) is 11.1. The molecular formula is C16H14ClN3OS2. The predicted molar refractivity (Wildman–Crippen MR) is 103 cm³/mol. The van der Waals surface area contributed by atoms with Crippen LogP contribution in [0.4, 0.5) is 11.4 Å². The highest BCUT2D eigenvalue weighted by atomic mass is 35.5. The molecule has 1 aromatic heterocycles. The lowest BCUT2D eigenvalue weighted by molar-refractivity contribution is 0.778. The van der Waals surface area contributed by atoms with Crippen molar-refractivity contribution >= 4 is 61.9 Å². The highest BCUT2D eigenvalue weighted by Gasteiger charge is 2.07. The molecule has 2 aromatic carbocycles. The Labute approximate surface area is 147 Å². The molecule has 0 unspecified atom stereocenters. The maximum absolute atomic E-state index is 11.9. The third kappa shape index (κ3) is 3.55. The first-order valence-electron chi connectivity index (χ1n) is 7.04. The molecule has 23 heavy (non-hydrogen) atoms. The van der Waals surface area contributed by atoms with Gasteiger partial charge in [0.25, 0.3) is 0 Å². The zero-order valence-electron chi connectivity index (χ0n) is 12.3. The first-order valence-corrected chi connectivity index (χ1v) is 8.64. The van der Waals surface area contributed by atoms with Gasteiger partial charge < -0.3 is 10.6 Å². The third-order valence-electron chi connectivity index (χ3n) is 3.34. The smallest absolute Gasteiger partial charge is 0.308 e. The molecule has 4 nitrogen and oxygen atoms in total. The Morgan fingerprint density at radius 1 is 1.17 bits per heavy atom. The quantitative estimate of drug-likeness (QED) is 0.670. The molecule has 7 heteroatoms. The normalized spacial score (nSPS) is 10.7. The van der Waals surface area contributed by atoms with Crippen LogP contribution in [0.1, 0.15) is 6.92 Å². The molecule has 118 valence electrons. The molecule has 0 radical (unpaired) electrons. The van der Waals surface area contributed by atoms with Gasteiger partial charge in [-0.25, -0.2) is 0 Å². The zero-order valence-corrected chi connectivity index (χ0v) is 14.7. The van der Waals surface area contributed by atoms with Crippen LogP contribution in [0.3, 0.4) is 0 Å². The number of thiazole rings is 1. The fraction of sp³-hybridized carbons (Fsp3) is 0.125. The average Bonchev–Trinajstić information content (AvgIpc) is 2.83. The fourth-order valence-corrected chi connectivity index (χ4v) is 3.63. The predicted octanol–water partition coefficient (Wildman–Crippen LogP) is 4.55. The Kier molecular flexibility index (Phi) is 4.66. The van der Waals surface area contributed by atoms with Crippen LogP contribution >= 0.6 is 35.2 Å². The lowest BCUT2D eigenvalue weighted by Crippen LogP contribution is -2.18. The summed E-state index contributed by atoms with van der Waals surface area (Å²) < 4.78 is 2.70. The van der Waals surface area contributed by atoms with E-state index in [1.54, 1.807) is 16.7 Å². The van der Waals surface area contributed by atoms with Gasteiger partial charge in [-0.1, -0.05) is 22.9 Å². The lowest BCUT2D eigenvalue weighted by atomic mass is 10.3. The summed E-state index contributed by atoms with van der Waals surface area (Å²) >= 11 is 12.4. The Balaban J connectivity index is 1.77. The average molecular weight is 364 g/mol. The van der Waals surface area contributed by atoms with Crippen LogP contribution in [0, 0.1) is 0 Å². The van der Waals surface area contributed by atoms with Gasteiger partial charge in [-0.3, -0.25) is 9.36 Å². The largest absolute Gasteiger partial charge is 0.332 e. The topological polar surface area (TPSA) is 46.1 Å². The van der Waals surface area contributed by atoms with Crippen molar-refractivity contribution in [2.24, 2.45) is 0 Å². The third-order valence-corrected chi connectivity index (χ3v) is 4.74. The minimum absolute atomic E-state index is 0.0570. The Morgan fingerprint density at radius 3 is 2.52 bits per heavy atom. The van der Waals surface area contributed by atoms with Gasteiger partial charge in [0, 0.05) is 22.9 Å². The van der Waals surface area contributed by atoms with Gasteiger partial charge in [0.15, 0.2) is 5.11 Å². The Bertz CT molecular complexity index is 915. The molecule has 0 bridgehead atoms. The van der Waals surface area contributed by atoms with Crippen molar-refractivity contribution in [1.82, 2.24) is 4.57 Å². The number of benzene rings is 2. The summed E-state index contributed by atoms with van der Waals surface area (Å²) in [5, 5.41) is 7.37. The molecule has 3 rings (SSSR count). The van der Waals surface area contributed by atoms with Crippen LogP contribution in [-0.4, -0.2) is 9.68 Å². The van der Waals surface area contributed by atoms with Crippen molar-refractivity contribution in [2.75, 3.05) is 10.6 Å². The van der Waals surface area contributed by atoms with Crippen LogP contribution in [0.25, 0.3) is 10.2 Å². The Hall–Kier alpha value is -1.89. The number of thiocarbonyl (C=S) groups is 1. The summed E-state index contributed by atoms with van der Waals surface area (Å²) in [5.74, 6) is 0. The van der Waals surface area contributed by atoms with Crippen molar-refractivity contribution in [3.8, 4) is 0 Å². The van der Waals surface area contributed by atoms with E-state index in [2.05, 4.69) is 10.6 Å². The van der Waals surface area contributed by atoms with Crippen LogP contribution in [0.2, 0.25) is 5.02 Å². The van der Waals surface area contributed by atoms with Crippen molar-refractivity contribution in [2.45, 2.75) is 13.5 Å². The second-order valence-corrected chi connectivity index (χ2v) is 6.72. The van der Waals surface area contributed by atoms with Crippen molar-refractivity contribution < 1.29 is 0 Å². The van der Waals surface area contributed by atoms with E-state index in [0.717, 1.165) is 21.6 Å². The molecule has 0 atom stereocenters. The molecule has 3 aromatic rings. The summed E-state index contributed by atoms with van der Waals surface area (Å²) in [7, 11) is 0. The number of nitrogens with zero attached hydrogens (tertiary/aromatic N) is 1. The van der Waals surface area contributed by atoms with E-state index in [4.69, 9.17) is 23.8 Å². The van der Waals surface area contributed by atoms with Gasteiger partial charge in [0.2, 0.25) is 0 Å². The van der Waals surface area contributed by atoms with Gasteiger partial charge in [-0.2, -0.15) is 0 Å². The summed E-state index contributed by atoms with van der Waals surface area (Å²) in [6, 6.07) is 13.1. The fourth-order valence-electron chi connectivity index (χ4n) is 2.27. The molecule has 0 aliphatic heterocycles. The molecule has 0 saturated heterocycles. The van der Waals surface area contributed by atoms with Gasteiger partial charge in [0.1, 0.15) is 0 Å². The highest BCUT2D eigenvalue weighted by Crippen LogP contribution is 2.22. The van der Waals surface area contributed by atoms with E-state index >= 15 is 0 Å². The maximum Gasteiger partial charge on any atom is 0.308 e. The molecule has 0 aliphatic rings. The van der Waals surface area contributed by atoms with Crippen LogP contribution in [0.15, 0.2) is 47.3 Å². The monoisotopic (exact) mass is 363 g/mol. The first kappa shape index (κ1) is 16.0. The Morgan fingerprint density at radius 2 is 1.83 bits per heavy atom. The summed E-state index contributed by atoms with van der Waals surface area (Å²) in [6.07, 6.45) is 0. The maximum atomic E-state index is 11.9.